The third-order valence-electron chi connectivity index (χ3n) is 1.51. The minimum atomic E-state index is 0.950. The Kier molecular flexibility index (Phi) is 6.07. The first-order valence-electron chi connectivity index (χ1n) is 4.36. The zero-order valence-electron chi connectivity index (χ0n) is 8.25. The minimum absolute atomic E-state index is 0.950. The number of benzene rings is 1. The summed E-state index contributed by atoms with van der Waals surface area (Å²) >= 11 is 4.21. The van der Waals surface area contributed by atoms with E-state index in [2.05, 4.69) is 25.8 Å². The van der Waals surface area contributed by atoms with Gasteiger partial charge in [0.1, 0.15) is 0 Å². The molecule has 1 aromatic rings. The maximum absolute atomic E-state index is 4.21. The molecule has 0 saturated carbocycles. The summed E-state index contributed by atoms with van der Waals surface area (Å²) in [6.45, 7) is 11.4. The van der Waals surface area contributed by atoms with Crippen molar-refractivity contribution in [3.8, 4) is 0 Å². The van der Waals surface area contributed by atoms with Crippen LogP contribution in [0.1, 0.15) is 25.0 Å². The molecule has 1 heteroatoms. The molecule has 0 aliphatic carbocycles. The molecule has 1 aromatic carbocycles. The highest BCUT2D eigenvalue weighted by atomic mass is 32.1. The van der Waals surface area contributed by atoms with E-state index in [0.717, 1.165) is 16.0 Å². The van der Waals surface area contributed by atoms with Crippen molar-refractivity contribution in [1.29, 1.82) is 0 Å². The summed E-state index contributed by atoms with van der Waals surface area (Å²) < 4.78 is 0. The molecule has 0 N–H and O–H groups in total. The van der Waals surface area contributed by atoms with Crippen LogP contribution in [0.4, 0.5) is 0 Å². The first-order valence-corrected chi connectivity index (χ1v) is 4.80. The predicted molar refractivity (Wildman–Crippen MR) is 65.2 cm³/mol. The molecule has 0 radical (unpaired) electrons. The van der Waals surface area contributed by atoms with Crippen LogP contribution in [-0.2, 0) is 0 Å². The third kappa shape index (κ3) is 3.51. The smallest absolute Gasteiger partial charge is 0.00463 e. The van der Waals surface area contributed by atoms with E-state index in [1.54, 1.807) is 6.08 Å². The molecule has 0 nitrogen and oxygen atoms in total. The van der Waals surface area contributed by atoms with E-state index in [1.807, 2.05) is 38.1 Å². The Morgan fingerprint density at radius 3 is 2.08 bits per heavy atom. The lowest BCUT2D eigenvalue weighted by Gasteiger charge is -2.00. The quantitative estimate of drug-likeness (QED) is 0.664. The van der Waals surface area contributed by atoms with Gasteiger partial charge in [-0.15, -0.1) is 12.6 Å². The Hall–Kier alpha value is -0.950. The predicted octanol–water partition coefficient (Wildman–Crippen LogP) is 4.29. The summed E-state index contributed by atoms with van der Waals surface area (Å²) in [6, 6.07) is 5.88. The third-order valence-corrected chi connectivity index (χ3v) is 1.79. The molecule has 70 valence electrons. The molecule has 0 fully saturated rings. The van der Waals surface area contributed by atoms with Gasteiger partial charge in [-0.2, -0.15) is 0 Å². The molecule has 0 aliphatic heterocycles. The topological polar surface area (TPSA) is 0 Å². The van der Waals surface area contributed by atoms with Crippen LogP contribution in [-0.4, -0.2) is 0 Å². The fourth-order valence-electron chi connectivity index (χ4n) is 0.925. The molecule has 0 bridgehead atoms. The van der Waals surface area contributed by atoms with E-state index in [1.165, 1.54) is 0 Å². The molecule has 1 rings (SSSR count). The van der Waals surface area contributed by atoms with Crippen molar-refractivity contribution >= 4 is 24.8 Å². The fourth-order valence-corrected chi connectivity index (χ4v) is 1.14. The Morgan fingerprint density at radius 2 is 1.62 bits per heavy atom. The van der Waals surface area contributed by atoms with Crippen molar-refractivity contribution < 1.29 is 0 Å². The summed E-state index contributed by atoms with van der Waals surface area (Å²) in [5.74, 6) is 0. The van der Waals surface area contributed by atoms with Gasteiger partial charge >= 0.3 is 0 Å². The van der Waals surface area contributed by atoms with Gasteiger partial charge < -0.3 is 0 Å². The van der Waals surface area contributed by atoms with Crippen molar-refractivity contribution in [2.24, 2.45) is 0 Å². The van der Waals surface area contributed by atoms with E-state index in [0.29, 0.717) is 0 Å². The molecule has 0 unspecified atom stereocenters. The van der Waals surface area contributed by atoms with Gasteiger partial charge in [0, 0.05) is 4.90 Å². The van der Waals surface area contributed by atoms with E-state index in [-0.39, 0.29) is 0 Å². The van der Waals surface area contributed by atoms with Gasteiger partial charge in [0.2, 0.25) is 0 Å². The zero-order valence-corrected chi connectivity index (χ0v) is 9.14. The van der Waals surface area contributed by atoms with E-state index >= 15 is 0 Å². The van der Waals surface area contributed by atoms with Crippen LogP contribution in [0.5, 0.6) is 0 Å². The highest BCUT2D eigenvalue weighted by molar-refractivity contribution is 7.80. The SMILES string of the molecule is C=Cc1ccc(S)cc1C=C.CC. The second kappa shape index (κ2) is 6.55. The number of hydrogen-bond acceptors (Lipinski definition) is 1. The van der Waals surface area contributed by atoms with Crippen molar-refractivity contribution in [3.05, 3.63) is 42.5 Å². The molecule has 13 heavy (non-hydrogen) atoms. The van der Waals surface area contributed by atoms with Crippen molar-refractivity contribution in [2.45, 2.75) is 18.7 Å². The molecular formula is C12H16S. The lowest BCUT2D eigenvalue weighted by atomic mass is 10.1. The molecule has 0 atom stereocenters. The van der Waals surface area contributed by atoms with Crippen LogP contribution >= 0.6 is 12.6 Å². The highest BCUT2D eigenvalue weighted by Crippen LogP contribution is 2.16. The average Bonchev–Trinajstić information content (AvgIpc) is 2.20. The van der Waals surface area contributed by atoms with Crippen LogP contribution in [0.2, 0.25) is 0 Å². The van der Waals surface area contributed by atoms with Crippen molar-refractivity contribution in [3.63, 3.8) is 0 Å². The Labute approximate surface area is 86.4 Å². The van der Waals surface area contributed by atoms with Gasteiger partial charge in [-0.1, -0.05) is 45.2 Å². The minimum Gasteiger partial charge on any atom is -0.143 e. The molecule has 0 spiro atoms. The number of hydrogen-bond donors (Lipinski definition) is 1. The van der Waals surface area contributed by atoms with Crippen molar-refractivity contribution in [2.75, 3.05) is 0 Å². The molecule has 0 amide bonds. The van der Waals surface area contributed by atoms with E-state index < -0.39 is 0 Å². The van der Waals surface area contributed by atoms with Gasteiger partial charge in [-0.05, 0) is 23.3 Å². The largest absolute Gasteiger partial charge is 0.143 e. The van der Waals surface area contributed by atoms with Gasteiger partial charge in [-0.25, -0.2) is 0 Å². The standard InChI is InChI=1S/C10H10S.C2H6/c1-3-8-5-6-10(11)7-9(8)4-2;1-2/h3-7,11H,1-2H2;1-2H3. The second-order valence-corrected chi connectivity index (χ2v) is 2.74. The number of rotatable bonds is 2. The van der Waals surface area contributed by atoms with Crippen molar-refractivity contribution in [1.82, 2.24) is 0 Å². The number of thiol groups is 1. The van der Waals surface area contributed by atoms with Crippen LogP contribution in [0, 0.1) is 0 Å². The van der Waals surface area contributed by atoms with E-state index in [9.17, 15) is 0 Å². The normalized spacial score (nSPS) is 8.23. The molecule has 0 aliphatic rings. The van der Waals surface area contributed by atoms with Crippen LogP contribution in [0.15, 0.2) is 36.3 Å². The summed E-state index contributed by atoms with van der Waals surface area (Å²) in [5.41, 5.74) is 2.17. The molecular weight excluding hydrogens is 176 g/mol. The molecule has 0 saturated heterocycles. The summed E-state index contributed by atoms with van der Waals surface area (Å²) in [4.78, 5) is 0.950. The first-order chi connectivity index (χ1) is 6.27. The zero-order chi connectivity index (χ0) is 10.3. The summed E-state index contributed by atoms with van der Waals surface area (Å²) in [5, 5.41) is 0. The highest BCUT2D eigenvalue weighted by Gasteiger charge is 1.93. The molecule has 0 aromatic heterocycles. The monoisotopic (exact) mass is 192 g/mol. The Morgan fingerprint density at radius 1 is 1.08 bits per heavy atom. The molecule has 0 heterocycles. The fraction of sp³-hybridized carbons (Fsp3) is 0.167. The maximum Gasteiger partial charge on any atom is 0.00463 e. The van der Waals surface area contributed by atoms with Gasteiger partial charge in [0.05, 0.1) is 0 Å². The van der Waals surface area contributed by atoms with Gasteiger partial charge in [0.25, 0.3) is 0 Å². The lowest BCUT2D eigenvalue weighted by Crippen LogP contribution is -1.78. The van der Waals surface area contributed by atoms with Crippen LogP contribution in [0.25, 0.3) is 12.2 Å². The summed E-state index contributed by atoms with van der Waals surface area (Å²) in [6.07, 6.45) is 3.61. The van der Waals surface area contributed by atoms with Crippen LogP contribution < -0.4 is 0 Å². The first kappa shape index (κ1) is 12.0. The average molecular weight is 192 g/mol. The Balaban J connectivity index is 0.000000671. The van der Waals surface area contributed by atoms with Crippen LogP contribution in [0.3, 0.4) is 0 Å². The maximum atomic E-state index is 4.21. The van der Waals surface area contributed by atoms with Gasteiger partial charge in [-0.3, -0.25) is 0 Å². The Bertz CT molecular complexity index is 287. The van der Waals surface area contributed by atoms with Gasteiger partial charge in [0.15, 0.2) is 0 Å². The second-order valence-electron chi connectivity index (χ2n) is 2.22. The van der Waals surface area contributed by atoms with E-state index in [4.69, 9.17) is 0 Å². The summed E-state index contributed by atoms with van der Waals surface area (Å²) in [7, 11) is 0. The lowest BCUT2D eigenvalue weighted by molar-refractivity contribution is 1.44.